The molecule has 1 heterocycles. The molecule has 4 rings (SSSR count). The Morgan fingerprint density at radius 2 is 2.05 bits per heavy atom. The Labute approximate surface area is 129 Å². The molecule has 0 aromatic heterocycles. The zero-order valence-electron chi connectivity index (χ0n) is 12.7. The van der Waals surface area contributed by atoms with Gasteiger partial charge in [0.05, 0.1) is 5.60 Å². The summed E-state index contributed by atoms with van der Waals surface area (Å²) < 4.78 is 0. The molecule has 118 valence electrons. The van der Waals surface area contributed by atoms with Gasteiger partial charge in [-0.25, -0.2) is 0 Å². The molecule has 5 nitrogen and oxygen atoms in total. The number of hydrogen-bond acceptors (Lipinski definition) is 5. The Morgan fingerprint density at radius 3 is 2.82 bits per heavy atom. The number of piperidine rings is 1. The molecule has 1 saturated heterocycles. The fourth-order valence-corrected chi connectivity index (χ4v) is 5.11. The molecule has 2 aliphatic carbocycles. The highest BCUT2D eigenvalue weighted by Crippen LogP contribution is 2.60. The number of benzene rings is 1. The van der Waals surface area contributed by atoms with E-state index in [9.17, 15) is 20.1 Å². The average Bonchev–Trinajstić information content (AvgIpc) is 2.47. The summed E-state index contributed by atoms with van der Waals surface area (Å²) in [5.74, 6) is -0.205. The number of likely N-dealkylation sites (N-methyl/N-ethyl adjacent to an activating group) is 1. The summed E-state index contributed by atoms with van der Waals surface area (Å²) >= 11 is 0. The van der Waals surface area contributed by atoms with Crippen molar-refractivity contribution in [2.75, 3.05) is 13.6 Å². The number of ketones is 1. The molecule has 5 heteroatoms. The van der Waals surface area contributed by atoms with E-state index in [1.807, 2.05) is 13.1 Å². The van der Waals surface area contributed by atoms with Crippen molar-refractivity contribution in [3.8, 4) is 11.5 Å². The van der Waals surface area contributed by atoms with E-state index in [-0.39, 0.29) is 29.7 Å². The SMILES string of the molecule is CN1CC[C@]23CC(=O)CC[C@@]2(O)[C@H]1Cc1ccc(O)c(O)c13. The van der Waals surface area contributed by atoms with Crippen molar-refractivity contribution < 1.29 is 20.1 Å². The summed E-state index contributed by atoms with van der Waals surface area (Å²) in [6.45, 7) is 0.773. The van der Waals surface area contributed by atoms with Crippen LogP contribution >= 0.6 is 0 Å². The molecule has 2 fully saturated rings. The Bertz CT molecular complexity index is 673. The van der Waals surface area contributed by atoms with Crippen LogP contribution in [0.3, 0.4) is 0 Å². The first-order chi connectivity index (χ1) is 10.4. The van der Waals surface area contributed by atoms with E-state index in [1.54, 1.807) is 0 Å². The zero-order chi connectivity index (χ0) is 15.7. The predicted octanol–water partition coefficient (Wildman–Crippen LogP) is 1.08. The number of carbonyl (C=O) groups excluding carboxylic acids is 1. The first kappa shape index (κ1) is 14.0. The molecule has 1 aromatic carbocycles. The van der Waals surface area contributed by atoms with E-state index >= 15 is 0 Å². The maximum absolute atomic E-state index is 12.2. The van der Waals surface area contributed by atoms with Gasteiger partial charge in [0, 0.05) is 29.9 Å². The molecule has 0 radical (unpaired) electrons. The molecule has 3 N–H and O–H groups in total. The number of nitrogens with zero attached hydrogens (tertiary/aromatic N) is 1. The number of Topliss-reactive ketones (excluding diaryl/α,β-unsaturated/α-hetero) is 1. The Balaban J connectivity index is 2.02. The predicted molar refractivity (Wildman–Crippen MR) is 80.0 cm³/mol. The van der Waals surface area contributed by atoms with E-state index in [2.05, 4.69) is 4.90 Å². The molecule has 22 heavy (non-hydrogen) atoms. The number of carbonyl (C=O) groups is 1. The van der Waals surface area contributed by atoms with Crippen LogP contribution in [0.1, 0.15) is 36.8 Å². The number of fused-ring (bicyclic) bond motifs is 1. The third kappa shape index (κ3) is 1.48. The highest BCUT2D eigenvalue weighted by atomic mass is 16.3. The van der Waals surface area contributed by atoms with Crippen molar-refractivity contribution in [3.63, 3.8) is 0 Å². The topological polar surface area (TPSA) is 81.0 Å². The standard InChI is InChI=1S/C17H21NO4/c1-18-7-6-16-9-11(19)4-5-17(16,22)13(18)8-10-2-3-12(20)15(21)14(10)16/h2-3,13,20-22H,4-9H2,1H3/t13-,16-,17-/m1/s1. The van der Waals surface area contributed by atoms with E-state index < -0.39 is 11.0 Å². The normalized spacial score (nSPS) is 37.5. The third-order valence-corrected chi connectivity index (χ3v) is 6.22. The summed E-state index contributed by atoms with van der Waals surface area (Å²) in [5.41, 5.74) is -0.249. The highest BCUT2D eigenvalue weighted by Gasteiger charge is 2.65. The first-order valence-electron chi connectivity index (χ1n) is 7.88. The first-order valence-corrected chi connectivity index (χ1v) is 7.88. The van der Waals surface area contributed by atoms with Gasteiger partial charge >= 0.3 is 0 Å². The minimum Gasteiger partial charge on any atom is -0.504 e. The van der Waals surface area contributed by atoms with Gasteiger partial charge in [-0.15, -0.1) is 0 Å². The Morgan fingerprint density at radius 1 is 1.27 bits per heavy atom. The molecule has 1 aromatic rings. The molecule has 1 saturated carbocycles. The lowest BCUT2D eigenvalue weighted by Crippen LogP contribution is -2.72. The Hall–Kier alpha value is -1.59. The van der Waals surface area contributed by atoms with Crippen molar-refractivity contribution in [2.24, 2.45) is 0 Å². The Kier molecular flexibility index (Phi) is 2.70. The second-order valence-corrected chi connectivity index (χ2v) is 7.14. The number of phenolic OH excluding ortho intramolecular Hbond substituents is 2. The average molecular weight is 303 g/mol. The molecule has 2 bridgehead atoms. The van der Waals surface area contributed by atoms with Crippen LogP contribution in [-0.4, -0.2) is 51.2 Å². The summed E-state index contributed by atoms with van der Waals surface area (Å²) in [6.07, 6.45) is 2.31. The van der Waals surface area contributed by atoms with Gasteiger partial charge in [-0.2, -0.15) is 0 Å². The van der Waals surface area contributed by atoms with E-state index in [4.69, 9.17) is 0 Å². The molecule has 0 unspecified atom stereocenters. The second kappa shape index (κ2) is 4.24. The molecular weight excluding hydrogens is 282 g/mol. The maximum atomic E-state index is 12.2. The van der Waals surface area contributed by atoms with E-state index in [0.717, 1.165) is 12.1 Å². The lowest BCUT2D eigenvalue weighted by atomic mass is 9.49. The smallest absolute Gasteiger partial charge is 0.161 e. The number of hydrogen-bond donors (Lipinski definition) is 3. The number of aliphatic hydroxyl groups is 1. The summed E-state index contributed by atoms with van der Waals surface area (Å²) in [6, 6.07) is 3.26. The second-order valence-electron chi connectivity index (χ2n) is 7.14. The van der Waals surface area contributed by atoms with Crippen molar-refractivity contribution in [2.45, 2.75) is 49.2 Å². The molecule has 3 atom stereocenters. The van der Waals surface area contributed by atoms with Crippen molar-refractivity contribution in [1.29, 1.82) is 0 Å². The fraction of sp³-hybridized carbons (Fsp3) is 0.588. The molecular formula is C17H21NO4. The van der Waals surface area contributed by atoms with Gasteiger partial charge in [-0.3, -0.25) is 4.79 Å². The quantitative estimate of drug-likeness (QED) is 0.625. The number of aromatic hydroxyl groups is 2. The molecule has 1 aliphatic heterocycles. The summed E-state index contributed by atoms with van der Waals surface area (Å²) in [7, 11) is 2.01. The van der Waals surface area contributed by atoms with Crippen molar-refractivity contribution in [3.05, 3.63) is 23.3 Å². The van der Waals surface area contributed by atoms with Crippen LogP contribution in [0.15, 0.2) is 12.1 Å². The summed E-state index contributed by atoms with van der Waals surface area (Å²) in [5, 5.41) is 31.9. The minimum atomic E-state index is -1.02. The van der Waals surface area contributed by atoms with Gasteiger partial charge in [-0.05, 0) is 44.5 Å². The van der Waals surface area contributed by atoms with Gasteiger partial charge in [0.25, 0.3) is 0 Å². The lowest BCUT2D eigenvalue weighted by Gasteiger charge is -2.62. The highest BCUT2D eigenvalue weighted by molar-refractivity contribution is 5.83. The van der Waals surface area contributed by atoms with Gasteiger partial charge in [-0.1, -0.05) is 6.07 Å². The van der Waals surface area contributed by atoms with Crippen LogP contribution in [0.5, 0.6) is 11.5 Å². The van der Waals surface area contributed by atoms with Gasteiger partial charge in [0.15, 0.2) is 11.5 Å². The van der Waals surface area contributed by atoms with Crippen LogP contribution in [0.2, 0.25) is 0 Å². The van der Waals surface area contributed by atoms with Gasteiger partial charge in [0.2, 0.25) is 0 Å². The van der Waals surface area contributed by atoms with Gasteiger partial charge in [0.1, 0.15) is 5.78 Å². The lowest BCUT2D eigenvalue weighted by molar-refractivity contribution is -0.169. The van der Waals surface area contributed by atoms with Crippen molar-refractivity contribution >= 4 is 5.78 Å². The molecule has 3 aliphatic rings. The number of phenols is 2. The van der Waals surface area contributed by atoms with Crippen LogP contribution in [0.25, 0.3) is 0 Å². The zero-order valence-corrected chi connectivity index (χ0v) is 12.7. The maximum Gasteiger partial charge on any atom is 0.161 e. The third-order valence-electron chi connectivity index (χ3n) is 6.22. The molecule has 0 spiro atoms. The van der Waals surface area contributed by atoms with Crippen LogP contribution in [0, 0.1) is 0 Å². The van der Waals surface area contributed by atoms with Crippen LogP contribution in [0.4, 0.5) is 0 Å². The number of likely N-dealkylation sites (tertiary alicyclic amines) is 1. The van der Waals surface area contributed by atoms with Gasteiger partial charge < -0.3 is 20.2 Å². The van der Waals surface area contributed by atoms with E-state index in [1.165, 1.54) is 6.07 Å². The minimum absolute atomic E-state index is 0.0502. The fourth-order valence-electron chi connectivity index (χ4n) is 5.11. The summed E-state index contributed by atoms with van der Waals surface area (Å²) in [4.78, 5) is 14.3. The van der Waals surface area contributed by atoms with E-state index in [0.29, 0.717) is 31.2 Å². The number of rotatable bonds is 0. The van der Waals surface area contributed by atoms with Crippen LogP contribution < -0.4 is 0 Å². The monoisotopic (exact) mass is 303 g/mol. The molecule has 0 amide bonds. The largest absolute Gasteiger partial charge is 0.504 e. The van der Waals surface area contributed by atoms with Crippen LogP contribution in [-0.2, 0) is 16.6 Å². The van der Waals surface area contributed by atoms with Crippen molar-refractivity contribution in [1.82, 2.24) is 4.90 Å².